The highest BCUT2D eigenvalue weighted by Crippen LogP contribution is 2.28. The summed E-state index contributed by atoms with van der Waals surface area (Å²) in [6.07, 6.45) is -4.72. The first-order valence-corrected chi connectivity index (χ1v) is 5.19. The third kappa shape index (κ3) is 4.58. The van der Waals surface area contributed by atoms with Crippen LogP contribution in [0.4, 0.5) is 24.8 Å². The van der Waals surface area contributed by atoms with Crippen molar-refractivity contribution in [3.8, 4) is 0 Å². The second-order valence-corrected chi connectivity index (χ2v) is 3.26. The van der Waals surface area contributed by atoms with Gasteiger partial charge in [-0.15, -0.1) is 0 Å². The highest BCUT2D eigenvalue weighted by Gasteiger charge is 2.35. The van der Waals surface area contributed by atoms with Crippen LogP contribution in [0, 0.1) is 0 Å². The van der Waals surface area contributed by atoms with Crippen molar-refractivity contribution < 1.29 is 22.7 Å². The second-order valence-electron chi connectivity index (χ2n) is 3.26. The number of halogens is 3. The van der Waals surface area contributed by atoms with Crippen LogP contribution in [0.1, 0.15) is 12.7 Å². The predicted molar refractivity (Wildman–Crippen MR) is 60.0 cm³/mol. The Balaban J connectivity index is 2.86. The monoisotopic (exact) mass is 279 g/mol. The Kier molecular flexibility index (Phi) is 4.87. The highest BCUT2D eigenvalue weighted by molar-refractivity contribution is 5.74. The van der Waals surface area contributed by atoms with E-state index in [2.05, 4.69) is 20.0 Å². The van der Waals surface area contributed by atoms with Crippen LogP contribution in [0.2, 0.25) is 0 Å². The van der Waals surface area contributed by atoms with Crippen LogP contribution < -0.4 is 16.6 Å². The summed E-state index contributed by atoms with van der Waals surface area (Å²) < 4.78 is 42.1. The van der Waals surface area contributed by atoms with E-state index in [1.54, 1.807) is 6.92 Å². The number of ether oxygens (including phenoxy) is 1. The molecule has 0 amide bonds. The van der Waals surface area contributed by atoms with Crippen LogP contribution in [-0.4, -0.2) is 29.1 Å². The predicted octanol–water partition coefficient (Wildman–Crippen LogP) is 0.756. The van der Waals surface area contributed by atoms with Crippen molar-refractivity contribution >= 4 is 17.6 Å². The molecular formula is C9H12F3N5O2. The molecule has 10 heteroatoms. The number of rotatable bonds is 5. The molecule has 0 aliphatic heterocycles. The zero-order valence-corrected chi connectivity index (χ0v) is 9.91. The minimum atomic E-state index is -4.72. The SMILES string of the molecule is CCOC(=O)CNc1cc(NN)nc(C(F)(F)F)n1. The zero-order chi connectivity index (χ0) is 14.5. The summed E-state index contributed by atoms with van der Waals surface area (Å²) in [4.78, 5) is 17.5. The molecule has 0 atom stereocenters. The average molecular weight is 279 g/mol. The maximum atomic E-state index is 12.5. The number of nitrogens with zero attached hydrogens (tertiary/aromatic N) is 2. The number of nitrogen functional groups attached to an aromatic ring is 1. The van der Waals surface area contributed by atoms with E-state index >= 15 is 0 Å². The van der Waals surface area contributed by atoms with Gasteiger partial charge in [0.05, 0.1) is 6.61 Å². The molecule has 19 heavy (non-hydrogen) atoms. The maximum Gasteiger partial charge on any atom is 0.451 e. The van der Waals surface area contributed by atoms with Crippen molar-refractivity contribution in [2.24, 2.45) is 5.84 Å². The van der Waals surface area contributed by atoms with E-state index in [9.17, 15) is 18.0 Å². The molecule has 0 unspecified atom stereocenters. The van der Waals surface area contributed by atoms with Gasteiger partial charge in [0.15, 0.2) is 0 Å². The van der Waals surface area contributed by atoms with Gasteiger partial charge in [-0.05, 0) is 6.92 Å². The summed E-state index contributed by atoms with van der Waals surface area (Å²) in [6.45, 7) is 1.47. The first kappa shape index (κ1) is 15.0. The normalized spacial score (nSPS) is 11.0. The van der Waals surface area contributed by atoms with Gasteiger partial charge in [-0.3, -0.25) is 4.79 Å². The fourth-order valence-electron chi connectivity index (χ4n) is 1.11. The molecule has 1 aromatic rings. The molecule has 0 aliphatic carbocycles. The summed E-state index contributed by atoms with van der Waals surface area (Å²) in [5.41, 5.74) is 1.99. The van der Waals surface area contributed by atoms with Crippen molar-refractivity contribution in [2.45, 2.75) is 13.1 Å². The Morgan fingerprint density at radius 1 is 1.42 bits per heavy atom. The Labute approximate surface area is 106 Å². The molecule has 1 rings (SSSR count). The van der Waals surface area contributed by atoms with Gasteiger partial charge < -0.3 is 15.5 Å². The lowest BCUT2D eigenvalue weighted by atomic mass is 10.4. The van der Waals surface area contributed by atoms with Crippen molar-refractivity contribution in [1.82, 2.24) is 9.97 Å². The number of carbonyl (C=O) groups is 1. The Hall–Kier alpha value is -2.10. The molecule has 1 aromatic heterocycles. The van der Waals surface area contributed by atoms with Gasteiger partial charge in [-0.2, -0.15) is 13.2 Å². The van der Waals surface area contributed by atoms with Crippen LogP contribution in [0.25, 0.3) is 0 Å². The number of hydrogen-bond donors (Lipinski definition) is 3. The summed E-state index contributed by atoms with van der Waals surface area (Å²) in [5.74, 6) is 2.61. The Bertz CT molecular complexity index is 452. The van der Waals surface area contributed by atoms with Crippen LogP contribution in [0.3, 0.4) is 0 Å². The van der Waals surface area contributed by atoms with E-state index in [-0.39, 0.29) is 24.8 Å². The number of hydrazine groups is 1. The molecule has 0 saturated carbocycles. The summed E-state index contributed by atoms with van der Waals surface area (Å²) in [7, 11) is 0. The number of alkyl halides is 3. The molecule has 0 fully saturated rings. The molecule has 7 nitrogen and oxygen atoms in total. The number of anilines is 2. The Morgan fingerprint density at radius 3 is 2.58 bits per heavy atom. The number of aromatic nitrogens is 2. The van der Waals surface area contributed by atoms with Gasteiger partial charge in [0.1, 0.15) is 18.2 Å². The molecule has 106 valence electrons. The van der Waals surface area contributed by atoms with E-state index in [0.29, 0.717) is 0 Å². The lowest BCUT2D eigenvalue weighted by Crippen LogP contribution is -2.20. The fraction of sp³-hybridized carbons (Fsp3) is 0.444. The number of esters is 1. The minimum Gasteiger partial charge on any atom is -0.465 e. The molecule has 0 bridgehead atoms. The fourth-order valence-corrected chi connectivity index (χ4v) is 1.11. The Morgan fingerprint density at radius 2 is 2.05 bits per heavy atom. The summed E-state index contributed by atoms with van der Waals surface area (Å²) in [5, 5.41) is 2.40. The van der Waals surface area contributed by atoms with Gasteiger partial charge in [0, 0.05) is 6.07 Å². The molecule has 4 N–H and O–H groups in total. The van der Waals surface area contributed by atoms with Crippen LogP contribution in [0.15, 0.2) is 6.07 Å². The van der Waals surface area contributed by atoms with E-state index in [1.807, 2.05) is 5.43 Å². The number of hydrogen-bond acceptors (Lipinski definition) is 7. The zero-order valence-electron chi connectivity index (χ0n) is 9.91. The highest BCUT2D eigenvalue weighted by atomic mass is 19.4. The lowest BCUT2D eigenvalue weighted by Gasteiger charge is -2.10. The van der Waals surface area contributed by atoms with Crippen molar-refractivity contribution in [3.63, 3.8) is 0 Å². The minimum absolute atomic E-state index is 0.174. The van der Waals surface area contributed by atoms with Crippen LogP contribution >= 0.6 is 0 Å². The quantitative estimate of drug-likeness (QED) is 0.415. The molecule has 0 saturated heterocycles. The van der Waals surface area contributed by atoms with E-state index in [0.717, 1.165) is 6.07 Å². The first-order chi connectivity index (χ1) is 8.86. The first-order valence-electron chi connectivity index (χ1n) is 5.19. The summed E-state index contributed by atoms with van der Waals surface area (Å²) in [6, 6.07) is 1.13. The van der Waals surface area contributed by atoms with Gasteiger partial charge in [-0.1, -0.05) is 0 Å². The van der Waals surface area contributed by atoms with Crippen molar-refractivity contribution in [2.75, 3.05) is 23.9 Å². The lowest BCUT2D eigenvalue weighted by molar-refractivity contribution is -0.144. The van der Waals surface area contributed by atoms with E-state index in [4.69, 9.17) is 5.84 Å². The van der Waals surface area contributed by atoms with E-state index in [1.165, 1.54) is 0 Å². The maximum absolute atomic E-state index is 12.5. The number of nitrogens with one attached hydrogen (secondary N) is 2. The van der Waals surface area contributed by atoms with E-state index < -0.39 is 18.0 Å². The number of nitrogens with two attached hydrogens (primary N) is 1. The molecular weight excluding hydrogens is 267 g/mol. The summed E-state index contributed by atoms with van der Waals surface area (Å²) >= 11 is 0. The molecule has 1 heterocycles. The van der Waals surface area contributed by atoms with Crippen LogP contribution in [-0.2, 0) is 15.7 Å². The number of carbonyl (C=O) groups excluding carboxylic acids is 1. The smallest absolute Gasteiger partial charge is 0.451 e. The molecule has 0 aliphatic rings. The third-order valence-corrected chi connectivity index (χ3v) is 1.85. The molecule has 0 spiro atoms. The van der Waals surface area contributed by atoms with Gasteiger partial charge in [0.25, 0.3) is 0 Å². The molecule has 0 radical (unpaired) electrons. The van der Waals surface area contributed by atoms with Gasteiger partial charge >= 0.3 is 12.1 Å². The van der Waals surface area contributed by atoms with Crippen LogP contribution in [0.5, 0.6) is 0 Å². The average Bonchev–Trinajstić information content (AvgIpc) is 2.35. The van der Waals surface area contributed by atoms with Gasteiger partial charge in [-0.25, -0.2) is 15.8 Å². The van der Waals surface area contributed by atoms with Crippen molar-refractivity contribution in [3.05, 3.63) is 11.9 Å². The third-order valence-electron chi connectivity index (χ3n) is 1.85. The topological polar surface area (TPSA) is 102 Å². The second kappa shape index (κ2) is 6.18. The van der Waals surface area contributed by atoms with Crippen molar-refractivity contribution in [1.29, 1.82) is 0 Å². The standard InChI is InChI=1S/C9H12F3N5O2/c1-2-19-7(18)4-14-5-3-6(17-13)16-8(15-5)9(10,11)12/h3H,2,4,13H2,1H3,(H2,14,15,16,17). The van der Waals surface area contributed by atoms with Gasteiger partial charge in [0.2, 0.25) is 5.82 Å². The largest absolute Gasteiger partial charge is 0.465 e. The molecule has 0 aromatic carbocycles.